The minimum atomic E-state index is -4.14. The van der Waals surface area contributed by atoms with Crippen molar-refractivity contribution in [3.63, 3.8) is 0 Å². The van der Waals surface area contributed by atoms with Gasteiger partial charge in [0.05, 0.1) is 5.56 Å². The maximum Gasteiger partial charge on any atom is 0.281 e. The van der Waals surface area contributed by atoms with Crippen molar-refractivity contribution in [3.8, 4) is 0 Å². The van der Waals surface area contributed by atoms with Crippen molar-refractivity contribution in [2.45, 2.75) is 51.1 Å². The van der Waals surface area contributed by atoms with Crippen LogP contribution in [0.1, 0.15) is 50.9 Å². The lowest BCUT2D eigenvalue weighted by Gasteiger charge is -2.33. The molecule has 1 N–H and O–H groups in total. The van der Waals surface area contributed by atoms with Gasteiger partial charge in [0, 0.05) is 31.9 Å². The number of amides is 1. The first-order valence-corrected chi connectivity index (χ1v) is 12.0. The van der Waals surface area contributed by atoms with Crippen molar-refractivity contribution in [1.82, 2.24) is 14.7 Å². The lowest BCUT2D eigenvalue weighted by Crippen LogP contribution is -2.41. The summed E-state index contributed by atoms with van der Waals surface area (Å²) in [7, 11) is -2.29. The van der Waals surface area contributed by atoms with Crippen LogP contribution in [0.25, 0.3) is 0 Å². The molecule has 0 spiro atoms. The molecular formula is C22H31N5O3S. The van der Waals surface area contributed by atoms with Crippen molar-refractivity contribution >= 4 is 27.6 Å². The number of hydrogen-bond acceptors (Lipinski definition) is 7. The fraction of sp³-hybridized carbons (Fsp3) is 0.500. The summed E-state index contributed by atoms with van der Waals surface area (Å²) in [5.41, 5.74) is 0.0500. The third kappa shape index (κ3) is 4.98. The molecule has 1 aliphatic heterocycles. The normalized spacial score (nSPS) is 18.1. The van der Waals surface area contributed by atoms with Gasteiger partial charge in [-0.05, 0) is 56.9 Å². The molecule has 8 nitrogen and oxygen atoms in total. The number of sulfonamides is 1. The fourth-order valence-electron chi connectivity index (χ4n) is 4.19. The molecule has 0 saturated carbocycles. The Morgan fingerprint density at radius 1 is 1.29 bits per heavy atom. The van der Waals surface area contributed by atoms with E-state index in [9.17, 15) is 13.2 Å². The van der Waals surface area contributed by atoms with Crippen LogP contribution in [0.2, 0.25) is 0 Å². The highest BCUT2D eigenvalue weighted by Gasteiger charge is 2.39. The largest absolute Gasteiger partial charge is 0.360 e. The van der Waals surface area contributed by atoms with Crippen molar-refractivity contribution in [1.29, 1.82) is 0 Å². The van der Waals surface area contributed by atoms with E-state index in [0.717, 1.165) is 25.9 Å². The van der Waals surface area contributed by atoms with Gasteiger partial charge in [0.25, 0.3) is 15.9 Å². The van der Waals surface area contributed by atoms with E-state index in [1.807, 2.05) is 18.9 Å². The molecule has 1 atom stereocenters. The Kier molecular flexibility index (Phi) is 6.54. The number of pyridine rings is 2. The van der Waals surface area contributed by atoms with Crippen LogP contribution in [0.15, 0.2) is 41.6 Å². The van der Waals surface area contributed by atoms with Gasteiger partial charge < -0.3 is 9.80 Å². The molecule has 1 saturated heterocycles. The summed E-state index contributed by atoms with van der Waals surface area (Å²) in [6, 6.07) is 7.99. The van der Waals surface area contributed by atoms with Gasteiger partial charge in [0.15, 0.2) is 5.03 Å². The Balaban J connectivity index is 1.88. The minimum absolute atomic E-state index is 0.179. The van der Waals surface area contributed by atoms with Gasteiger partial charge in [-0.1, -0.05) is 19.9 Å². The van der Waals surface area contributed by atoms with E-state index in [0.29, 0.717) is 17.6 Å². The Bertz CT molecular complexity index is 1050. The van der Waals surface area contributed by atoms with E-state index >= 15 is 0 Å². The molecule has 3 rings (SSSR count). The summed E-state index contributed by atoms with van der Waals surface area (Å²) < 4.78 is 28.0. The topological polar surface area (TPSA) is 95.5 Å². The van der Waals surface area contributed by atoms with Crippen LogP contribution in [-0.2, 0) is 10.0 Å². The third-order valence-corrected chi connectivity index (χ3v) is 6.75. The van der Waals surface area contributed by atoms with Gasteiger partial charge in [-0.3, -0.25) is 4.79 Å². The maximum atomic E-state index is 13.0. The number of nitrogens with one attached hydrogen (secondary N) is 1. The quantitative estimate of drug-likeness (QED) is 0.700. The van der Waals surface area contributed by atoms with Crippen LogP contribution in [0, 0.1) is 5.92 Å². The zero-order valence-electron chi connectivity index (χ0n) is 18.8. The second-order valence-corrected chi connectivity index (χ2v) is 10.4. The Hall–Kier alpha value is -2.68. The van der Waals surface area contributed by atoms with Gasteiger partial charge in [0.2, 0.25) is 0 Å². The summed E-state index contributed by atoms with van der Waals surface area (Å²) in [6.45, 7) is 9.89. The first-order valence-electron chi connectivity index (χ1n) is 10.5. The molecule has 168 valence electrons. The molecule has 0 aromatic carbocycles. The van der Waals surface area contributed by atoms with Crippen LogP contribution in [-0.4, -0.2) is 50.0 Å². The second-order valence-electron chi connectivity index (χ2n) is 8.80. The number of hydrogen-bond donors (Lipinski definition) is 1. The van der Waals surface area contributed by atoms with Gasteiger partial charge >= 0.3 is 0 Å². The van der Waals surface area contributed by atoms with E-state index in [2.05, 4.69) is 40.4 Å². The van der Waals surface area contributed by atoms with Crippen molar-refractivity contribution in [2.24, 2.45) is 5.92 Å². The number of aromatic nitrogens is 2. The molecule has 3 heterocycles. The monoisotopic (exact) mass is 445 g/mol. The summed E-state index contributed by atoms with van der Waals surface area (Å²) in [5, 5.41) is -0.193. The fourth-order valence-corrected chi connectivity index (χ4v) is 5.12. The predicted octanol–water partition coefficient (Wildman–Crippen LogP) is 3.07. The maximum absolute atomic E-state index is 13.0. The Labute approximate surface area is 184 Å². The van der Waals surface area contributed by atoms with Crippen molar-refractivity contribution < 1.29 is 13.2 Å². The van der Waals surface area contributed by atoms with Crippen molar-refractivity contribution in [2.75, 3.05) is 29.9 Å². The molecular weight excluding hydrogens is 414 g/mol. The highest BCUT2D eigenvalue weighted by atomic mass is 32.2. The number of anilines is 2. The number of nitrogens with zero attached hydrogens (tertiary/aromatic N) is 4. The number of rotatable bonds is 7. The Morgan fingerprint density at radius 2 is 2.03 bits per heavy atom. The lowest BCUT2D eigenvalue weighted by atomic mass is 9.97. The number of carbonyl (C=O) groups excluding carboxylic acids is 1. The molecule has 0 aliphatic carbocycles. The highest BCUT2D eigenvalue weighted by Crippen LogP contribution is 2.37. The van der Waals surface area contributed by atoms with E-state index in [-0.39, 0.29) is 16.1 Å². The SMILES string of the molecule is CCCN(C)c1cccc(S(=O)(=O)NC(=O)c2cccnc2N2CC(C)CC2(C)C)n1. The third-order valence-electron chi connectivity index (χ3n) is 5.52. The standard InChI is InChI=1S/C22H31N5O3S/c1-6-13-26(5)18-10-7-11-19(24-18)31(29,30)25-21(28)17-9-8-12-23-20(17)27-15-16(2)14-22(27,3)4/h7-12,16H,6,13-15H2,1-5H3,(H,25,28). The molecule has 2 aromatic heterocycles. The zero-order chi connectivity index (χ0) is 22.8. The molecule has 1 amide bonds. The average molecular weight is 446 g/mol. The van der Waals surface area contributed by atoms with Crippen molar-refractivity contribution in [3.05, 3.63) is 42.1 Å². The van der Waals surface area contributed by atoms with E-state index in [1.54, 1.807) is 30.5 Å². The summed E-state index contributed by atoms with van der Waals surface area (Å²) in [6.07, 6.45) is 3.49. The molecule has 0 radical (unpaired) electrons. The van der Waals surface area contributed by atoms with E-state index in [4.69, 9.17) is 0 Å². The summed E-state index contributed by atoms with van der Waals surface area (Å²) in [4.78, 5) is 25.6. The lowest BCUT2D eigenvalue weighted by molar-refractivity contribution is 0.0981. The van der Waals surface area contributed by atoms with Gasteiger partial charge in [0.1, 0.15) is 11.6 Å². The van der Waals surface area contributed by atoms with Crippen LogP contribution in [0.4, 0.5) is 11.6 Å². The smallest absolute Gasteiger partial charge is 0.281 e. The Morgan fingerprint density at radius 3 is 2.68 bits per heavy atom. The van der Waals surface area contributed by atoms with Crippen LogP contribution >= 0.6 is 0 Å². The van der Waals surface area contributed by atoms with Crippen LogP contribution in [0.5, 0.6) is 0 Å². The average Bonchev–Trinajstić information content (AvgIpc) is 2.99. The zero-order valence-corrected chi connectivity index (χ0v) is 19.6. The summed E-state index contributed by atoms with van der Waals surface area (Å²) in [5.74, 6) is 0.761. The molecule has 2 aromatic rings. The first kappa shape index (κ1) is 23.0. The minimum Gasteiger partial charge on any atom is -0.360 e. The first-order chi connectivity index (χ1) is 14.5. The van der Waals surface area contributed by atoms with Gasteiger partial charge in [-0.15, -0.1) is 0 Å². The molecule has 9 heteroatoms. The van der Waals surface area contributed by atoms with E-state index in [1.165, 1.54) is 6.07 Å². The molecule has 1 fully saturated rings. The predicted molar refractivity (Wildman–Crippen MR) is 122 cm³/mol. The highest BCUT2D eigenvalue weighted by molar-refractivity contribution is 7.90. The van der Waals surface area contributed by atoms with Gasteiger partial charge in [-0.2, -0.15) is 8.42 Å². The molecule has 0 bridgehead atoms. The molecule has 1 aliphatic rings. The molecule has 31 heavy (non-hydrogen) atoms. The summed E-state index contributed by atoms with van der Waals surface area (Å²) >= 11 is 0. The molecule has 1 unspecified atom stereocenters. The number of carbonyl (C=O) groups is 1. The van der Waals surface area contributed by atoms with E-state index < -0.39 is 15.9 Å². The van der Waals surface area contributed by atoms with Gasteiger partial charge in [-0.25, -0.2) is 14.7 Å². The van der Waals surface area contributed by atoms with Crippen LogP contribution in [0.3, 0.4) is 0 Å². The second kappa shape index (κ2) is 8.82. The van der Waals surface area contributed by atoms with Crippen LogP contribution < -0.4 is 14.5 Å².